The van der Waals surface area contributed by atoms with E-state index in [0.717, 1.165) is 25.3 Å². The van der Waals surface area contributed by atoms with Gasteiger partial charge >= 0.3 is 0 Å². The van der Waals surface area contributed by atoms with E-state index in [0.29, 0.717) is 17.4 Å². The van der Waals surface area contributed by atoms with Crippen LogP contribution in [0.25, 0.3) is 4.96 Å². The van der Waals surface area contributed by atoms with Crippen LogP contribution >= 0.6 is 11.3 Å². The van der Waals surface area contributed by atoms with Crippen molar-refractivity contribution in [3.05, 3.63) is 27.6 Å². The number of nitrogens with zero attached hydrogens (tertiary/aromatic N) is 4. The smallest absolute Gasteiger partial charge is 0.275 e. The van der Waals surface area contributed by atoms with Crippen molar-refractivity contribution in [1.29, 1.82) is 0 Å². The second-order valence-corrected chi connectivity index (χ2v) is 6.24. The third-order valence-electron chi connectivity index (χ3n) is 3.64. The summed E-state index contributed by atoms with van der Waals surface area (Å²) in [6, 6.07) is 1.59. The van der Waals surface area contributed by atoms with E-state index >= 15 is 0 Å². The van der Waals surface area contributed by atoms with Crippen molar-refractivity contribution in [1.82, 2.24) is 24.8 Å². The summed E-state index contributed by atoms with van der Waals surface area (Å²) in [5, 5.41) is 7.40. The van der Waals surface area contributed by atoms with E-state index in [1.165, 1.54) is 28.7 Å². The number of aromatic nitrogens is 3. The van der Waals surface area contributed by atoms with Crippen LogP contribution in [0.15, 0.2) is 16.4 Å². The lowest BCUT2D eigenvalue weighted by molar-refractivity contribution is 0.235. The Morgan fingerprint density at radius 2 is 2.50 bits per heavy atom. The number of hydrogen-bond acceptors (Lipinski definition) is 6. The van der Waals surface area contributed by atoms with Crippen LogP contribution < -0.4 is 10.9 Å². The molecule has 1 fully saturated rings. The first kappa shape index (κ1) is 13.7. The number of rotatable bonds is 4. The predicted molar refractivity (Wildman–Crippen MR) is 79.1 cm³/mol. The summed E-state index contributed by atoms with van der Waals surface area (Å²) in [5.41, 5.74) is 2.37. The van der Waals surface area contributed by atoms with Crippen molar-refractivity contribution in [3.63, 3.8) is 0 Å². The minimum absolute atomic E-state index is 0.0982. The minimum Gasteiger partial charge on any atom is -0.316 e. The first-order valence-electron chi connectivity index (χ1n) is 6.94. The van der Waals surface area contributed by atoms with Crippen molar-refractivity contribution in [2.75, 3.05) is 26.7 Å². The third kappa shape index (κ3) is 3.05. The van der Waals surface area contributed by atoms with Gasteiger partial charge in [0.05, 0.1) is 5.69 Å². The Balaban J connectivity index is 1.67. The molecule has 0 spiro atoms. The Labute approximate surface area is 121 Å². The lowest BCUT2D eigenvalue weighted by Gasteiger charge is -2.27. The van der Waals surface area contributed by atoms with Crippen LogP contribution in [0.5, 0.6) is 0 Å². The first-order valence-corrected chi connectivity index (χ1v) is 7.82. The quantitative estimate of drug-likeness (QED) is 0.893. The molecule has 3 heterocycles. The van der Waals surface area contributed by atoms with Gasteiger partial charge in [0.15, 0.2) is 0 Å². The summed E-state index contributed by atoms with van der Waals surface area (Å²) >= 11 is 1.39. The topological polar surface area (TPSA) is 62.5 Å². The number of piperidine rings is 1. The molecule has 1 aliphatic heterocycles. The first-order chi connectivity index (χ1) is 9.72. The fourth-order valence-electron chi connectivity index (χ4n) is 2.74. The summed E-state index contributed by atoms with van der Waals surface area (Å²) in [7, 11) is 2.09. The largest absolute Gasteiger partial charge is 0.316 e. The van der Waals surface area contributed by atoms with Crippen molar-refractivity contribution < 1.29 is 0 Å². The van der Waals surface area contributed by atoms with E-state index < -0.39 is 0 Å². The van der Waals surface area contributed by atoms with Gasteiger partial charge in [0.2, 0.25) is 4.96 Å². The Morgan fingerprint density at radius 3 is 3.30 bits per heavy atom. The average Bonchev–Trinajstić information content (AvgIpc) is 2.88. The zero-order valence-corrected chi connectivity index (χ0v) is 12.4. The molecule has 0 radical (unpaired) electrons. The van der Waals surface area contributed by atoms with Crippen LogP contribution in [0, 0.1) is 5.92 Å². The number of hydrogen-bond donors (Lipinski definition) is 1. The maximum atomic E-state index is 11.9. The Morgan fingerprint density at radius 1 is 1.60 bits per heavy atom. The van der Waals surface area contributed by atoms with Crippen LogP contribution in [-0.2, 0) is 6.54 Å². The number of fused-ring (bicyclic) bond motifs is 1. The van der Waals surface area contributed by atoms with E-state index in [4.69, 9.17) is 0 Å². The maximum absolute atomic E-state index is 11.9. The summed E-state index contributed by atoms with van der Waals surface area (Å²) in [4.78, 5) is 19.3. The molecular formula is C13H19N5OS. The molecule has 1 atom stereocenters. The molecular weight excluding hydrogens is 274 g/mol. The van der Waals surface area contributed by atoms with Gasteiger partial charge in [-0.25, -0.2) is 4.98 Å². The Bertz CT molecular complexity index is 631. The molecule has 7 heteroatoms. The lowest BCUT2D eigenvalue weighted by Crippen LogP contribution is -2.36. The van der Waals surface area contributed by atoms with Crippen LogP contribution in [-0.4, -0.2) is 46.2 Å². The van der Waals surface area contributed by atoms with Crippen molar-refractivity contribution in [3.8, 4) is 0 Å². The highest BCUT2D eigenvalue weighted by molar-refractivity contribution is 7.14. The van der Waals surface area contributed by atoms with Crippen LogP contribution in [0.2, 0.25) is 0 Å². The van der Waals surface area contributed by atoms with Gasteiger partial charge in [-0.2, -0.15) is 9.61 Å². The van der Waals surface area contributed by atoms with Gasteiger partial charge in [0.1, 0.15) is 5.51 Å². The van der Waals surface area contributed by atoms with Gasteiger partial charge in [0.25, 0.3) is 5.56 Å². The van der Waals surface area contributed by atoms with E-state index in [9.17, 15) is 4.79 Å². The van der Waals surface area contributed by atoms with E-state index in [1.807, 2.05) is 0 Å². The maximum Gasteiger partial charge on any atom is 0.275 e. The number of nitrogens with one attached hydrogen (secondary N) is 1. The van der Waals surface area contributed by atoms with Crippen molar-refractivity contribution in [2.45, 2.75) is 19.4 Å². The van der Waals surface area contributed by atoms with Gasteiger partial charge in [-0.15, -0.1) is 0 Å². The second-order valence-electron chi connectivity index (χ2n) is 5.43. The summed E-state index contributed by atoms with van der Waals surface area (Å²) in [6.07, 6.45) is 2.53. The van der Waals surface area contributed by atoms with Gasteiger partial charge in [0, 0.05) is 19.2 Å². The second kappa shape index (κ2) is 5.99. The zero-order valence-electron chi connectivity index (χ0n) is 11.6. The third-order valence-corrected chi connectivity index (χ3v) is 4.32. The molecule has 0 amide bonds. The molecule has 2 aromatic rings. The molecule has 1 N–H and O–H groups in total. The Kier molecular flexibility index (Phi) is 4.09. The van der Waals surface area contributed by atoms with E-state index in [-0.39, 0.29) is 5.56 Å². The standard InChI is InChI=1S/C13H19N5OS/c1-17(7-10-3-2-4-14-6-10)8-11-5-12(19)18-13(16-11)20-9-15-18/h5,9-10,14H,2-4,6-8H2,1H3. The molecule has 0 aromatic carbocycles. The van der Waals surface area contributed by atoms with E-state index in [2.05, 4.69) is 27.3 Å². The molecule has 0 saturated carbocycles. The highest BCUT2D eigenvalue weighted by atomic mass is 32.1. The van der Waals surface area contributed by atoms with Gasteiger partial charge in [-0.1, -0.05) is 11.3 Å². The molecule has 0 bridgehead atoms. The molecule has 2 aromatic heterocycles. The molecule has 6 nitrogen and oxygen atoms in total. The minimum atomic E-state index is -0.0982. The van der Waals surface area contributed by atoms with Crippen molar-refractivity contribution in [2.24, 2.45) is 5.92 Å². The fourth-order valence-corrected chi connectivity index (χ4v) is 3.39. The molecule has 20 heavy (non-hydrogen) atoms. The van der Waals surface area contributed by atoms with Gasteiger partial charge < -0.3 is 10.2 Å². The molecule has 1 saturated heterocycles. The van der Waals surface area contributed by atoms with Crippen LogP contribution in [0.1, 0.15) is 18.5 Å². The Hall–Kier alpha value is -1.31. The van der Waals surface area contributed by atoms with Gasteiger partial charge in [-0.3, -0.25) is 4.79 Å². The molecule has 1 unspecified atom stereocenters. The van der Waals surface area contributed by atoms with Crippen molar-refractivity contribution >= 4 is 16.3 Å². The normalized spacial score (nSPS) is 19.8. The van der Waals surface area contributed by atoms with Crippen LogP contribution in [0.4, 0.5) is 0 Å². The molecule has 108 valence electrons. The summed E-state index contributed by atoms with van der Waals surface area (Å²) < 4.78 is 1.35. The average molecular weight is 293 g/mol. The molecule has 3 rings (SSSR count). The zero-order chi connectivity index (χ0) is 13.9. The fraction of sp³-hybridized carbons (Fsp3) is 0.615. The van der Waals surface area contributed by atoms with Gasteiger partial charge in [-0.05, 0) is 38.9 Å². The monoisotopic (exact) mass is 293 g/mol. The van der Waals surface area contributed by atoms with E-state index in [1.54, 1.807) is 11.6 Å². The molecule has 0 aliphatic carbocycles. The highest BCUT2D eigenvalue weighted by Crippen LogP contribution is 2.12. The SMILES string of the molecule is CN(Cc1cc(=O)n2ncsc2n1)CC1CCCNC1. The summed E-state index contributed by atoms with van der Waals surface area (Å²) in [5.74, 6) is 0.696. The summed E-state index contributed by atoms with van der Waals surface area (Å²) in [6.45, 7) is 3.98. The highest BCUT2D eigenvalue weighted by Gasteiger charge is 2.15. The predicted octanol–water partition coefficient (Wildman–Crippen LogP) is 0.582. The molecule has 1 aliphatic rings. The lowest BCUT2D eigenvalue weighted by atomic mass is 9.99. The van der Waals surface area contributed by atoms with Crippen LogP contribution in [0.3, 0.4) is 0 Å².